The molecule has 0 fully saturated rings. The zero-order valence-corrected chi connectivity index (χ0v) is 14.1. The van der Waals surface area contributed by atoms with Gasteiger partial charge < -0.3 is 15.2 Å². The van der Waals surface area contributed by atoms with E-state index in [4.69, 9.17) is 4.74 Å². The number of ether oxygens (including phenoxy) is 1. The molecular weight excluding hydrogens is 262 g/mol. The lowest BCUT2D eigenvalue weighted by atomic mass is 9.90. The number of aliphatic hydroxyl groups excluding tert-OH is 1. The maximum atomic E-state index is 10.0. The first kappa shape index (κ1) is 18.1. The van der Waals surface area contributed by atoms with E-state index in [0.717, 1.165) is 12.0 Å². The van der Waals surface area contributed by atoms with Crippen molar-refractivity contribution in [3.8, 4) is 0 Å². The quantitative estimate of drug-likeness (QED) is 0.734. The topological polar surface area (TPSA) is 41.5 Å². The minimum absolute atomic E-state index is 0.0175. The van der Waals surface area contributed by atoms with E-state index in [1.165, 1.54) is 0 Å². The first-order valence-corrected chi connectivity index (χ1v) is 7.95. The fraction of sp³-hybridized carbons (Fsp3) is 0.667. The molecule has 0 radical (unpaired) electrons. The van der Waals surface area contributed by atoms with Gasteiger partial charge in [-0.15, -0.1) is 0 Å². The van der Waals surface area contributed by atoms with Crippen LogP contribution in [0.5, 0.6) is 0 Å². The smallest absolute Gasteiger partial charge is 0.0908 e. The molecule has 120 valence electrons. The Morgan fingerprint density at radius 2 is 1.71 bits per heavy atom. The molecule has 2 unspecified atom stereocenters. The second-order valence-electron chi connectivity index (χ2n) is 6.66. The fourth-order valence-electron chi connectivity index (χ4n) is 2.72. The lowest BCUT2D eigenvalue weighted by Gasteiger charge is -2.36. The molecule has 0 heterocycles. The summed E-state index contributed by atoms with van der Waals surface area (Å²) < 4.78 is 6.04. The number of hydrogen-bond donors (Lipinski definition) is 2. The summed E-state index contributed by atoms with van der Waals surface area (Å²) in [6, 6.07) is 10.3. The highest BCUT2D eigenvalue weighted by atomic mass is 16.5. The van der Waals surface area contributed by atoms with Crippen LogP contribution in [0.25, 0.3) is 0 Å². The summed E-state index contributed by atoms with van der Waals surface area (Å²) in [5.74, 6) is 0.610. The average molecular weight is 293 g/mol. The van der Waals surface area contributed by atoms with E-state index in [1.54, 1.807) is 0 Å². The molecule has 21 heavy (non-hydrogen) atoms. The predicted octanol–water partition coefficient (Wildman–Crippen LogP) is 3.32. The van der Waals surface area contributed by atoms with Crippen molar-refractivity contribution >= 4 is 0 Å². The molecule has 0 aromatic heterocycles. The third kappa shape index (κ3) is 5.77. The monoisotopic (exact) mass is 293 g/mol. The van der Waals surface area contributed by atoms with Gasteiger partial charge in [0.2, 0.25) is 0 Å². The Hall–Kier alpha value is -0.900. The Balaban J connectivity index is 2.86. The molecule has 0 bridgehead atoms. The summed E-state index contributed by atoms with van der Waals surface area (Å²) in [5.41, 5.74) is 0.527. The van der Waals surface area contributed by atoms with Gasteiger partial charge in [-0.1, -0.05) is 44.2 Å². The van der Waals surface area contributed by atoms with Gasteiger partial charge in [0, 0.05) is 6.04 Å². The molecule has 0 amide bonds. The van der Waals surface area contributed by atoms with Crippen LogP contribution in [0.1, 0.15) is 46.6 Å². The Bertz CT molecular complexity index is 391. The van der Waals surface area contributed by atoms with E-state index < -0.39 is 5.54 Å². The SMILES string of the molecule is CC(C)CC(C)OCC(CO)(NC(C)C)c1ccccc1. The van der Waals surface area contributed by atoms with E-state index in [0.29, 0.717) is 12.5 Å². The van der Waals surface area contributed by atoms with Crippen molar-refractivity contribution in [2.45, 2.75) is 58.7 Å². The standard InChI is InChI=1S/C18H31NO2/c1-14(2)11-16(5)21-13-18(12-20,19-15(3)4)17-9-7-6-8-10-17/h6-10,14-16,19-20H,11-13H2,1-5H3. The Labute approximate surface area is 129 Å². The van der Waals surface area contributed by atoms with Gasteiger partial charge in [0.25, 0.3) is 0 Å². The van der Waals surface area contributed by atoms with Crippen LogP contribution in [0.3, 0.4) is 0 Å². The maximum absolute atomic E-state index is 10.0. The molecule has 3 heteroatoms. The van der Waals surface area contributed by atoms with Crippen LogP contribution in [-0.4, -0.2) is 30.5 Å². The van der Waals surface area contributed by atoms with Gasteiger partial charge in [-0.05, 0) is 38.7 Å². The highest BCUT2D eigenvalue weighted by Crippen LogP contribution is 2.23. The normalized spacial score (nSPS) is 16.2. The molecule has 0 spiro atoms. The number of hydrogen-bond acceptors (Lipinski definition) is 3. The summed E-state index contributed by atoms with van der Waals surface area (Å²) >= 11 is 0. The van der Waals surface area contributed by atoms with E-state index in [2.05, 4.69) is 39.9 Å². The Kier molecular flexibility index (Phi) is 7.36. The van der Waals surface area contributed by atoms with Gasteiger partial charge in [-0.3, -0.25) is 0 Å². The van der Waals surface area contributed by atoms with E-state index in [9.17, 15) is 5.11 Å². The highest BCUT2D eigenvalue weighted by Gasteiger charge is 2.33. The van der Waals surface area contributed by atoms with Crippen LogP contribution in [-0.2, 0) is 10.3 Å². The predicted molar refractivity (Wildman–Crippen MR) is 88.3 cm³/mol. The molecule has 0 aliphatic rings. The molecule has 0 saturated carbocycles. The second kappa shape index (κ2) is 8.52. The number of rotatable bonds is 9. The number of benzene rings is 1. The zero-order valence-electron chi connectivity index (χ0n) is 14.1. The molecule has 1 aromatic rings. The van der Waals surface area contributed by atoms with Crippen molar-refractivity contribution in [2.75, 3.05) is 13.2 Å². The lowest BCUT2D eigenvalue weighted by molar-refractivity contribution is -0.0147. The van der Waals surface area contributed by atoms with Crippen LogP contribution in [0.15, 0.2) is 30.3 Å². The zero-order chi connectivity index (χ0) is 15.9. The number of nitrogens with one attached hydrogen (secondary N) is 1. The first-order chi connectivity index (χ1) is 9.89. The molecule has 1 rings (SSSR count). The lowest BCUT2D eigenvalue weighted by Crippen LogP contribution is -2.52. The van der Waals surface area contributed by atoms with Crippen molar-refractivity contribution in [2.24, 2.45) is 5.92 Å². The summed E-state index contributed by atoms with van der Waals surface area (Å²) in [7, 11) is 0. The summed E-state index contributed by atoms with van der Waals surface area (Å²) in [4.78, 5) is 0. The summed E-state index contributed by atoms with van der Waals surface area (Å²) in [5, 5.41) is 13.5. The molecule has 0 aliphatic heterocycles. The Morgan fingerprint density at radius 1 is 1.10 bits per heavy atom. The van der Waals surface area contributed by atoms with Crippen LogP contribution in [0, 0.1) is 5.92 Å². The van der Waals surface area contributed by atoms with Crippen LogP contribution in [0.4, 0.5) is 0 Å². The maximum Gasteiger partial charge on any atom is 0.0908 e. The molecule has 1 aromatic carbocycles. The van der Waals surface area contributed by atoms with Crippen molar-refractivity contribution in [3.05, 3.63) is 35.9 Å². The van der Waals surface area contributed by atoms with Gasteiger partial charge in [0.15, 0.2) is 0 Å². The summed E-state index contributed by atoms with van der Waals surface area (Å²) in [6.07, 6.45) is 1.21. The van der Waals surface area contributed by atoms with Gasteiger partial charge >= 0.3 is 0 Å². The van der Waals surface area contributed by atoms with Crippen molar-refractivity contribution in [3.63, 3.8) is 0 Å². The second-order valence-corrected chi connectivity index (χ2v) is 6.66. The molecule has 2 N–H and O–H groups in total. The highest BCUT2D eigenvalue weighted by molar-refractivity contribution is 5.25. The molecular formula is C18H31NO2. The molecule has 0 saturated heterocycles. The third-order valence-electron chi connectivity index (χ3n) is 3.58. The Morgan fingerprint density at radius 3 is 2.19 bits per heavy atom. The first-order valence-electron chi connectivity index (χ1n) is 7.95. The number of aliphatic hydroxyl groups is 1. The van der Waals surface area contributed by atoms with Crippen molar-refractivity contribution in [1.82, 2.24) is 5.32 Å². The minimum atomic E-state index is -0.541. The minimum Gasteiger partial charge on any atom is -0.394 e. The third-order valence-corrected chi connectivity index (χ3v) is 3.58. The van der Waals surface area contributed by atoms with Gasteiger partial charge in [-0.25, -0.2) is 0 Å². The van der Waals surface area contributed by atoms with E-state index in [-0.39, 0.29) is 18.8 Å². The summed E-state index contributed by atoms with van der Waals surface area (Å²) in [6.45, 7) is 11.2. The van der Waals surface area contributed by atoms with E-state index >= 15 is 0 Å². The van der Waals surface area contributed by atoms with E-state index in [1.807, 2.05) is 30.3 Å². The van der Waals surface area contributed by atoms with Gasteiger partial charge in [0.1, 0.15) is 0 Å². The molecule has 0 aliphatic carbocycles. The van der Waals surface area contributed by atoms with Gasteiger partial charge in [0.05, 0.1) is 24.9 Å². The van der Waals surface area contributed by atoms with Crippen LogP contribution in [0.2, 0.25) is 0 Å². The van der Waals surface area contributed by atoms with Crippen LogP contribution < -0.4 is 5.32 Å². The van der Waals surface area contributed by atoms with Crippen LogP contribution >= 0.6 is 0 Å². The molecule has 3 nitrogen and oxygen atoms in total. The molecule has 2 atom stereocenters. The fourth-order valence-corrected chi connectivity index (χ4v) is 2.72. The van der Waals surface area contributed by atoms with Gasteiger partial charge in [-0.2, -0.15) is 0 Å². The van der Waals surface area contributed by atoms with Crippen molar-refractivity contribution < 1.29 is 9.84 Å². The average Bonchev–Trinajstić information content (AvgIpc) is 2.43. The largest absolute Gasteiger partial charge is 0.394 e. The van der Waals surface area contributed by atoms with Crippen molar-refractivity contribution in [1.29, 1.82) is 0 Å².